The molecule has 1 unspecified atom stereocenters. The molecule has 0 saturated carbocycles. The maximum Gasteiger partial charge on any atom is 0.257 e. The molecule has 0 bridgehead atoms. The minimum Gasteiger partial charge on any atom is -0.368 e. The van der Waals surface area contributed by atoms with Gasteiger partial charge in [0.05, 0.1) is 16.9 Å². The van der Waals surface area contributed by atoms with Crippen LogP contribution >= 0.6 is 0 Å². The smallest absolute Gasteiger partial charge is 0.257 e. The first-order chi connectivity index (χ1) is 14.5. The van der Waals surface area contributed by atoms with E-state index in [1.165, 1.54) is 24.4 Å². The lowest BCUT2D eigenvalue weighted by Crippen LogP contribution is -2.37. The number of carbonyl (C=O) groups is 1. The van der Waals surface area contributed by atoms with Gasteiger partial charge in [-0.15, -0.1) is 0 Å². The average Bonchev–Trinajstić information content (AvgIpc) is 3.31. The number of rotatable bonds is 6. The Morgan fingerprint density at radius 1 is 1.20 bits per heavy atom. The van der Waals surface area contributed by atoms with Gasteiger partial charge < -0.3 is 15.5 Å². The lowest BCUT2D eigenvalue weighted by molar-refractivity contribution is -0.110. The fourth-order valence-corrected chi connectivity index (χ4v) is 4.32. The third-order valence-corrected chi connectivity index (χ3v) is 5.93. The molecule has 1 atom stereocenters. The first kappa shape index (κ1) is 20.3. The Balaban J connectivity index is 1.47. The van der Waals surface area contributed by atoms with Crippen LogP contribution in [0, 0.1) is 11.6 Å². The van der Waals surface area contributed by atoms with Gasteiger partial charge in [-0.2, -0.15) is 0 Å². The SMILES string of the molecule is CCN(CC)C1CCN(c2ccc(N/C=C3\C(=O)Nc4cc(F)ccc43)cc2F)C1. The van der Waals surface area contributed by atoms with E-state index in [-0.39, 0.29) is 11.7 Å². The number of fused-ring (bicyclic) bond motifs is 1. The summed E-state index contributed by atoms with van der Waals surface area (Å²) in [6, 6.07) is 9.62. The summed E-state index contributed by atoms with van der Waals surface area (Å²) < 4.78 is 28.2. The number of nitrogens with one attached hydrogen (secondary N) is 2. The van der Waals surface area contributed by atoms with Crippen LogP contribution in [0.5, 0.6) is 0 Å². The van der Waals surface area contributed by atoms with Crippen LogP contribution in [0.1, 0.15) is 25.8 Å². The lowest BCUT2D eigenvalue weighted by atomic mass is 10.1. The number of amides is 1. The van der Waals surface area contributed by atoms with E-state index < -0.39 is 5.82 Å². The molecule has 2 N–H and O–H groups in total. The number of halogens is 2. The van der Waals surface area contributed by atoms with E-state index in [2.05, 4.69) is 34.3 Å². The summed E-state index contributed by atoms with van der Waals surface area (Å²) in [5, 5.41) is 5.63. The molecule has 0 aromatic heterocycles. The minimum absolute atomic E-state index is 0.294. The highest BCUT2D eigenvalue weighted by atomic mass is 19.1. The van der Waals surface area contributed by atoms with Gasteiger partial charge in [0.15, 0.2) is 0 Å². The average molecular weight is 412 g/mol. The minimum atomic E-state index is -0.411. The Morgan fingerprint density at radius 2 is 2.00 bits per heavy atom. The number of carbonyl (C=O) groups excluding carboxylic acids is 1. The quantitative estimate of drug-likeness (QED) is 0.695. The molecular weight excluding hydrogens is 386 g/mol. The second-order valence-electron chi connectivity index (χ2n) is 7.62. The normalized spacial score (nSPS) is 19.5. The van der Waals surface area contributed by atoms with Crippen molar-refractivity contribution in [2.24, 2.45) is 0 Å². The van der Waals surface area contributed by atoms with Crippen LogP contribution in [0.4, 0.5) is 25.8 Å². The zero-order valence-electron chi connectivity index (χ0n) is 17.2. The van der Waals surface area contributed by atoms with Crippen molar-refractivity contribution in [3.63, 3.8) is 0 Å². The maximum absolute atomic E-state index is 14.8. The standard InChI is InChI=1S/C23H26F2N4O/c1-3-28(4-2)17-9-10-29(14-17)22-8-6-16(12-20(22)25)26-13-19-18-7-5-15(24)11-21(18)27-23(19)30/h5-8,11-13,17,26H,3-4,9-10,14H2,1-2H3,(H,27,30)/b19-13-. The van der Waals surface area contributed by atoms with E-state index in [9.17, 15) is 13.6 Å². The van der Waals surface area contributed by atoms with E-state index in [0.717, 1.165) is 32.6 Å². The molecule has 2 aliphatic heterocycles. The Morgan fingerprint density at radius 3 is 2.73 bits per heavy atom. The number of hydrogen-bond acceptors (Lipinski definition) is 4. The summed E-state index contributed by atoms with van der Waals surface area (Å²) >= 11 is 0. The first-order valence-corrected chi connectivity index (χ1v) is 10.4. The molecular formula is C23H26F2N4O. The topological polar surface area (TPSA) is 47.6 Å². The van der Waals surface area contributed by atoms with Crippen molar-refractivity contribution in [3.05, 3.63) is 59.8 Å². The van der Waals surface area contributed by atoms with Crippen molar-refractivity contribution in [1.82, 2.24) is 4.90 Å². The molecule has 4 rings (SSSR count). The fourth-order valence-electron chi connectivity index (χ4n) is 4.32. The van der Waals surface area contributed by atoms with Gasteiger partial charge in [0.1, 0.15) is 11.6 Å². The molecule has 2 aromatic rings. The van der Waals surface area contributed by atoms with Gasteiger partial charge in [-0.05, 0) is 55.9 Å². The molecule has 1 saturated heterocycles. The van der Waals surface area contributed by atoms with Crippen LogP contribution in [0.25, 0.3) is 5.57 Å². The van der Waals surface area contributed by atoms with Crippen LogP contribution in [-0.4, -0.2) is 43.0 Å². The third kappa shape index (κ3) is 3.89. The van der Waals surface area contributed by atoms with Crippen molar-refractivity contribution in [1.29, 1.82) is 0 Å². The largest absolute Gasteiger partial charge is 0.368 e. The third-order valence-electron chi connectivity index (χ3n) is 5.93. The van der Waals surface area contributed by atoms with Gasteiger partial charge in [0, 0.05) is 36.6 Å². The molecule has 30 heavy (non-hydrogen) atoms. The van der Waals surface area contributed by atoms with E-state index >= 15 is 0 Å². The van der Waals surface area contributed by atoms with Gasteiger partial charge in [-0.1, -0.05) is 13.8 Å². The van der Waals surface area contributed by atoms with Gasteiger partial charge in [0.25, 0.3) is 5.91 Å². The molecule has 0 spiro atoms. The van der Waals surface area contributed by atoms with Crippen molar-refractivity contribution < 1.29 is 13.6 Å². The molecule has 1 amide bonds. The van der Waals surface area contributed by atoms with Crippen LogP contribution in [0.3, 0.4) is 0 Å². The molecule has 1 fully saturated rings. The summed E-state index contributed by atoms with van der Waals surface area (Å²) in [6.07, 6.45) is 2.56. The second-order valence-corrected chi connectivity index (χ2v) is 7.62. The van der Waals surface area contributed by atoms with Gasteiger partial charge >= 0.3 is 0 Å². The number of benzene rings is 2. The monoisotopic (exact) mass is 412 g/mol. The van der Waals surface area contributed by atoms with Gasteiger partial charge in [0.2, 0.25) is 0 Å². The van der Waals surface area contributed by atoms with E-state index in [1.54, 1.807) is 18.2 Å². The summed E-state index contributed by atoms with van der Waals surface area (Å²) in [4.78, 5) is 16.7. The Kier molecular flexibility index (Phi) is 5.72. The number of likely N-dealkylation sites (N-methyl/N-ethyl adjacent to an activating group) is 1. The van der Waals surface area contributed by atoms with Crippen LogP contribution in [0.15, 0.2) is 42.6 Å². The highest BCUT2D eigenvalue weighted by Gasteiger charge is 2.28. The highest BCUT2D eigenvalue weighted by Crippen LogP contribution is 2.33. The molecule has 2 aromatic carbocycles. The number of anilines is 3. The Hall–Kier alpha value is -2.93. The molecule has 5 nitrogen and oxygen atoms in total. The molecule has 158 valence electrons. The summed E-state index contributed by atoms with van der Waals surface area (Å²) in [6.45, 7) is 7.96. The number of nitrogens with zero attached hydrogens (tertiary/aromatic N) is 2. The van der Waals surface area contributed by atoms with Crippen molar-refractivity contribution in [2.75, 3.05) is 41.7 Å². The van der Waals surface area contributed by atoms with E-state index in [0.29, 0.717) is 34.2 Å². The number of hydrogen-bond donors (Lipinski definition) is 2. The summed E-state index contributed by atoms with van der Waals surface area (Å²) in [5.41, 5.74) is 2.59. The maximum atomic E-state index is 14.8. The van der Waals surface area contributed by atoms with Crippen molar-refractivity contribution >= 4 is 28.5 Å². The van der Waals surface area contributed by atoms with E-state index in [1.807, 2.05) is 0 Å². The molecule has 2 heterocycles. The predicted octanol–water partition coefficient (Wildman–Crippen LogP) is 4.29. The predicted molar refractivity (Wildman–Crippen MR) is 117 cm³/mol. The zero-order chi connectivity index (χ0) is 21.3. The fraction of sp³-hybridized carbons (Fsp3) is 0.348. The van der Waals surface area contributed by atoms with E-state index in [4.69, 9.17) is 0 Å². The Bertz CT molecular complexity index is 987. The Labute approximate surface area is 175 Å². The summed E-state index contributed by atoms with van der Waals surface area (Å²) in [7, 11) is 0. The molecule has 0 aliphatic carbocycles. The van der Waals surface area contributed by atoms with Gasteiger partial charge in [-0.3, -0.25) is 9.69 Å². The van der Waals surface area contributed by atoms with Crippen molar-refractivity contribution in [3.8, 4) is 0 Å². The zero-order valence-corrected chi connectivity index (χ0v) is 17.2. The van der Waals surface area contributed by atoms with Crippen molar-refractivity contribution in [2.45, 2.75) is 26.3 Å². The lowest BCUT2D eigenvalue weighted by Gasteiger charge is -2.26. The van der Waals surface area contributed by atoms with Crippen LogP contribution in [-0.2, 0) is 4.79 Å². The highest BCUT2D eigenvalue weighted by molar-refractivity contribution is 6.31. The molecule has 2 aliphatic rings. The molecule has 7 heteroatoms. The van der Waals surface area contributed by atoms with Crippen LogP contribution in [0.2, 0.25) is 0 Å². The second kappa shape index (κ2) is 8.44. The molecule has 0 radical (unpaired) electrons. The first-order valence-electron chi connectivity index (χ1n) is 10.4. The van der Waals surface area contributed by atoms with Gasteiger partial charge in [-0.25, -0.2) is 8.78 Å². The summed E-state index contributed by atoms with van der Waals surface area (Å²) in [5.74, 6) is -1.03. The van der Waals surface area contributed by atoms with Crippen LogP contribution < -0.4 is 15.5 Å².